The number of thiazole rings is 1. The van der Waals surface area contributed by atoms with Crippen LogP contribution in [0.15, 0.2) is 41.8 Å². The average Bonchev–Trinajstić information content (AvgIpc) is 3.06. The van der Waals surface area contributed by atoms with Crippen LogP contribution in [0.25, 0.3) is 0 Å². The number of hydrogen-bond acceptors (Lipinski definition) is 5. The van der Waals surface area contributed by atoms with Crippen LogP contribution in [-0.4, -0.2) is 11.0 Å². The van der Waals surface area contributed by atoms with E-state index < -0.39 is 17.6 Å². The summed E-state index contributed by atoms with van der Waals surface area (Å²) in [5.74, 6) is -2.67. The fraction of sp³-hybridized carbons (Fsp3) is 0.158. The number of carboxylic acid groups (broad SMARTS) is 1. The summed E-state index contributed by atoms with van der Waals surface area (Å²) in [5.41, 5.74) is 1.77. The topological polar surface area (TPSA) is 62.2 Å². The van der Waals surface area contributed by atoms with Gasteiger partial charge in [-0.25, -0.2) is 13.8 Å². The molecule has 0 amide bonds. The number of carbonyl (C=O) groups excluding carboxylic acids is 1. The van der Waals surface area contributed by atoms with Crippen molar-refractivity contribution in [3.05, 3.63) is 80.8 Å². The molecule has 3 aromatic rings. The molecule has 0 unspecified atom stereocenters. The third kappa shape index (κ3) is 5.35. The molecule has 3 rings (SSSR count). The van der Waals surface area contributed by atoms with Crippen LogP contribution in [0.3, 0.4) is 0 Å². The summed E-state index contributed by atoms with van der Waals surface area (Å²) in [6.45, 7) is 1.79. The molecule has 0 N–H and O–H groups in total. The molecule has 2 aromatic carbocycles. The summed E-state index contributed by atoms with van der Waals surface area (Å²) in [7, 11) is 0. The van der Waals surface area contributed by atoms with Crippen molar-refractivity contribution in [1.29, 1.82) is 0 Å². The summed E-state index contributed by atoms with van der Waals surface area (Å²) in [5, 5.41) is 12.9. The molecule has 1 heterocycles. The molecule has 0 saturated heterocycles. The van der Waals surface area contributed by atoms with Crippen molar-refractivity contribution >= 4 is 17.3 Å². The minimum absolute atomic E-state index is 0. The first-order chi connectivity index (χ1) is 12.4. The molecule has 4 nitrogen and oxygen atoms in total. The molecule has 0 saturated carbocycles. The maximum atomic E-state index is 13.8. The van der Waals surface area contributed by atoms with Gasteiger partial charge in [-0.3, -0.25) is 0 Å². The molecular weight excluding hydrogens is 383 g/mol. The van der Waals surface area contributed by atoms with Crippen molar-refractivity contribution in [3.8, 4) is 5.75 Å². The second-order valence-corrected chi connectivity index (χ2v) is 6.65. The van der Waals surface area contributed by atoms with E-state index in [0.29, 0.717) is 17.2 Å². The van der Waals surface area contributed by atoms with Crippen molar-refractivity contribution in [3.63, 3.8) is 0 Å². The van der Waals surface area contributed by atoms with Crippen LogP contribution in [0.2, 0.25) is 0 Å². The molecule has 0 fully saturated rings. The molecule has 0 bridgehead atoms. The smallest absolute Gasteiger partial charge is 0.543 e. The summed E-state index contributed by atoms with van der Waals surface area (Å²) >= 11 is 1.21. The minimum Gasteiger partial charge on any atom is -0.543 e. The van der Waals surface area contributed by atoms with E-state index in [1.165, 1.54) is 28.8 Å². The number of rotatable bonds is 6. The molecule has 27 heavy (non-hydrogen) atoms. The zero-order chi connectivity index (χ0) is 18.7. The molecule has 0 aliphatic carbocycles. The number of carboxylic acids is 1. The monoisotopic (exact) mass is 397 g/mol. The number of carbonyl (C=O) groups is 1. The standard InChI is InChI=1S/C19H15F2NO3S.Na/c1-11-5-6-16(25-9-12-3-2-4-14(20)18(12)21)13(7-11)8-17-22-15(10-26-17)19(23)24;/h2-7,10H,8-9H2,1H3,(H,23,24);/q;+1/p-1. The predicted molar refractivity (Wildman–Crippen MR) is 91.1 cm³/mol. The zero-order valence-electron chi connectivity index (χ0n) is 14.8. The Bertz CT molecular complexity index is 962. The van der Waals surface area contributed by atoms with Gasteiger partial charge < -0.3 is 14.6 Å². The van der Waals surface area contributed by atoms with Crippen molar-refractivity contribution in [2.45, 2.75) is 20.0 Å². The fourth-order valence-electron chi connectivity index (χ4n) is 2.45. The Morgan fingerprint density at radius 3 is 2.70 bits per heavy atom. The average molecular weight is 397 g/mol. The van der Waals surface area contributed by atoms with Gasteiger partial charge in [0, 0.05) is 22.9 Å². The predicted octanol–water partition coefficient (Wildman–Crippen LogP) is 0.267. The van der Waals surface area contributed by atoms with Crippen LogP contribution in [0.5, 0.6) is 5.75 Å². The molecular formula is C19H14F2NNaO3S. The van der Waals surface area contributed by atoms with E-state index in [2.05, 4.69) is 4.98 Å². The first-order valence-electron chi connectivity index (χ1n) is 7.75. The number of nitrogens with zero attached hydrogens (tertiary/aromatic N) is 1. The maximum absolute atomic E-state index is 13.8. The largest absolute Gasteiger partial charge is 1.00 e. The number of aromatic carboxylic acids is 1. The third-order valence-corrected chi connectivity index (χ3v) is 4.58. The van der Waals surface area contributed by atoms with E-state index >= 15 is 0 Å². The Kier molecular flexibility index (Phi) is 7.49. The van der Waals surface area contributed by atoms with E-state index in [4.69, 9.17) is 4.74 Å². The number of aryl methyl sites for hydroxylation is 1. The van der Waals surface area contributed by atoms with Gasteiger partial charge in [0.15, 0.2) is 11.6 Å². The van der Waals surface area contributed by atoms with Gasteiger partial charge in [-0.1, -0.05) is 29.8 Å². The van der Waals surface area contributed by atoms with Gasteiger partial charge in [0.2, 0.25) is 0 Å². The van der Waals surface area contributed by atoms with Gasteiger partial charge in [0.25, 0.3) is 0 Å². The molecule has 0 spiro atoms. The number of ether oxygens (including phenoxy) is 1. The van der Waals surface area contributed by atoms with Crippen molar-refractivity contribution in [2.75, 3.05) is 0 Å². The Balaban J connectivity index is 0.00000261. The fourth-order valence-corrected chi connectivity index (χ4v) is 3.24. The Morgan fingerprint density at radius 2 is 2.00 bits per heavy atom. The molecule has 0 aliphatic heterocycles. The summed E-state index contributed by atoms with van der Waals surface area (Å²) in [6, 6.07) is 9.40. The van der Waals surface area contributed by atoms with Gasteiger partial charge in [0.1, 0.15) is 12.4 Å². The van der Waals surface area contributed by atoms with Gasteiger partial charge in [-0.05, 0) is 19.1 Å². The van der Waals surface area contributed by atoms with Crippen LogP contribution in [-0.2, 0) is 13.0 Å². The Labute approximate surface area is 181 Å². The van der Waals surface area contributed by atoms with Crippen LogP contribution < -0.4 is 39.4 Å². The number of aromatic nitrogens is 1. The van der Waals surface area contributed by atoms with E-state index in [1.54, 1.807) is 6.07 Å². The zero-order valence-corrected chi connectivity index (χ0v) is 17.6. The van der Waals surface area contributed by atoms with Gasteiger partial charge in [-0.15, -0.1) is 11.3 Å². The van der Waals surface area contributed by atoms with Gasteiger partial charge in [-0.2, -0.15) is 0 Å². The third-order valence-electron chi connectivity index (χ3n) is 3.73. The van der Waals surface area contributed by atoms with E-state index in [9.17, 15) is 18.7 Å². The van der Waals surface area contributed by atoms with Crippen LogP contribution in [0.1, 0.15) is 32.2 Å². The second kappa shape index (κ2) is 9.41. The first-order valence-corrected chi connectivity index (χ1v) is 8.63. The molecule has 0 radical (unpaired) electrons. The molecule has 8 heteroatoms. The Morgan fingerprint density at radius 1 is 1.22 bits per heavy atom. The van der Waals surface area contributed by atoms with Gasteiger partial charge >= 0.3 is 29.6 Å². The number of hydrogen-bond donors (Lipinski definition) is 0. The Hall–Kier alpha value is -1.80. The van der Waals surface area contributed by atoms with Crippen LogP contribution >= 0.6 is 11.3 Å². The molecule has 134 valence electrons. The number of halogens is 2. The summed E-state index contributed by atoms with van der Waals surface area (Å²) < 4.78 is 32.8. The number of benzene rings is 2. The minimum atomic E-state index is -1.32. The quantitative estimate of drug-likeness (QED) is 0.560. The SMILES string of the molecule is Cc1ccc(OCc2cccc(F)c2F)c(Cc2nc(C(=O)[O-])cs2)c1.[Na+]. The van der Waals surface area contributed by atoms with Crippen LogP contribution in [0.4, 0.5) is 8.78 Å². The first kappa shape index (κ1) is 21.5. The molecule has 1 aromatic heterocycles. The van der Waals surface area contributed by atoms with E-state index in [0.717, 1.165) is 17.2 Å². The van der Waals surface area contributed by atoms with Crippen molar-refractivity contribution < 1.29 is 53.0 Å². The summed E-state index contributed by atoms with van der Waals surface area (Å²) in [6.07, 6.45) is 0.362. The van der Waals surface area contributed by atoms with Crippen molar-refractivity contribution in [2.24, 2.45) is 0 Å². The molecule has 0 aliphatic rings. The van der Waals surface area contributed by atoms with Crippen LogP contribution in [0, 0.1) is 18.6 Å². The molecule has 0 atom stereocenters. The van der Waals surface area contributed by atoms with Crippen molar-refractivity contribution in [1.82, 2.24) is 4.98 Å². The van der Waals surface area contributed by atoms with E-state index in [1.807, 2.05) is 19.1 Å². The summed E-state index contributed by atoms with van der Waals surface area (Å²) in [4.78, 5) is 14.9. The second-order valence-electron chi connectivity index (χ2n) is 5.70. The normalized spacial score (nSPS) is 10.3. The maximum Gasteiger partial charge on any atom is 1.00 e. The van der Waals surface area contributed by atoms with E-state index in [-0.39, 0.29) is 47.4 Å². The van der Waals surface area contributed by atoms with Gasteiger partial charge in [0.05, 0.1) is 16.7 Å².